The fourth-order valence-electron chi connectivity index (χ4n) is 0.0609. The SMILES string of the molecule is C=CC=CO.CC(=O)O. The molecular weight excluding hydrogens is 120 g/mol. The first-order valence-corrected chi connectivity index (χ1v) is 2.26. The van der Waals surface area contributed by atoms with Gasteiger partial charge in [0.25, 0.3) is 5.97 Å². The Balaban J connectivity index is 0. The van der Waals surface area contributed by atoms with E-state index in [2.05, 4.69) is 6.58 Å². The lowest BCUT2D eigenvalue weighted by atomic mass is 10.6. The highest BCUT2D eigenvalue weighted by atomic mass is 16.4. The normalized spacial score (nSPS) is 7.67. The van der Waals surface area contributed by atoms with E-state index in [0.717, 1.165) is 13.2 Å². The molecule has 0 aromatic rings. The van der Waals surface area contributed by atoms with Gasteiger partial charge in [-0.25, -0.2) is 0 Å². The number of carboxylic acid groups (broad SMARTS) is 1. The Bertz CT molecular complexity index is 101. The molecule has 0 aromatic carbocycles. The number of aliphatic carboxylic acids is 1. The summed E-state index contributed by atoms with van der Waals surface area (Å²) in [5.41, 5.74) is 0. The summed E-state index contributed by atoms with van der Waals surface area (Å²) in [4.78, 5) is 9.00. The molecule has 0 rings (SSSR count). The molecule has 2 N–H and O–H groups in total. The van der Waals surface area contributed by atoms with Crippen LogP contribution < -0.4 is 0 Å². The molecule has 0 bridgehead atoms. The first kappa shape index (κ1) is 10.7. The second kappa shape index (κ2) is 9.89. The fourth-order valence-corrected chi connectivity index (χ4v) is 0.0609. The van der Waals surface area contributed by atoms with Crippen LogP contribution in [0.4, 0.5) is 0 Å². The Morgan fingerprint density at radius 3 is 2.00 bits per heavy atom. The Morgan fingerprint density at radius 2 is 2.00 bits per heavy atom. The Kier molecular flexibility index (Phi) is 11.7. The fraction of sp³-hybridized carbons (Fsp3) is 0.167. The van der Waals surface area contributed by atoms with Crippen molar-refractivity contribution >= 4 is 5.97 Å². The van der Waals surface area contributed by atoms with Crippen molar-refractivity contribution in [1.82, 2.24) is 0 Å². The van der Waals surface area contributed by atoms with Gasteiger partial charge >= 0.3 is 0 Å². The van der Waals surface area contributed by atoms with Crippen LogP contribution in [0.2, 0.25) is 0 Å². The van der Waals surface area contributed by atoms with Crippen LogP contribution in [0.3, 0.4) is 0 Å². The highest BCUT2D eigenvalue weighted by Gasteiger charge is 1.65. The average molecular weight is 130 g/mol. The molecule has 3 nitrogen and oxygen atoms in total. The van der Waals surface area contributed by atoms with E-state index < -0.39 is 5.97 Å². The number of carbonyl (C=O) groups is 1. The maximum absolute atomic E-state index is 9.00. The van der Waals surface area contributed by atoms with Gasteiger partial charge < -0.3 is 10.2 Å². The summed E-state index contributed by atoms with van der Waals surface area (Å²) < 4.78 is 0. The number of aliphatic hydroxyl groups excluding tert-OH is 1. The van der Waals surface area contributed by atoms with Crippen LogP contribution in [0.1, 0.15) is 6.92 Å². The third kappa shape index (κ3) is 271. The Morgan fingerprint density at radius 1 is 1.67 bits per heavy atom. The van der Waals surface area contributed by atoms with E-state index in [0.29, 0.717) is 0 Å². The van der Waals surface area contributed by atoms with E-state index in [4.69, 9.17) is 15.0 Å². The quantitative estimate of drug-likeness (QED) is 0.416. The van der Waals surface area contributed by atoms with Gasteiger partial charge in [-0.2, -0.15) is 0 Å². The van der Waals surface area contributed by atoms with E-state index in [9.17, 15) is 0 Å². The number of allylic oxidation sites excluding steroid dienone is 2. The van der Waals surface area contributed by atoms with Gasteiger partial charge in [0, 0.05) is 6.92 Å². The third-order valence-electron chi connectivity index (χ3n) is 0.222. The second-order valence-corrected chi connectivity index (χ2v) is 1.10. The van der Waals surface area contributed by atoms with E-state index in [1.807, 2.05) is 0 Å². The highest BCUT2D eigenvalue weighted by molar-refractivity contribution is 5.62. The number of hydrogen-bond donors (Lipinski definition) is 2. The van der Waals surface area contributed by atoms with E-state index in [1.165, 1.54) is 12.2 Å². The molecule has 0 unspecified atom stereocenters. The van der Waals surface area contributed by atoms with Crippen LogP contribution in [0.25, 0.3) is 0 Å². The van der Waals surface area contributed by atoms with Crippen molar-refractivity contribution in [2.45, 2.75) is 6.92 Å². The van der Waals surface area contributed by atoms with Gasteiger partial charge in [-0.05, 0) is 6.08 Å². The van der Waals surface area contributed by atoms with Gasteiger partial charge in [-0.1, -0.05) is 12.7 Å². The van der Waals surface area contributed by atoms with E-state index in [-0.39, 0.29) is 0 Å². The summed E-state index contributed by atoms with van der Waals surface area (Å²) in [7, 11) is 0. The van der Waals surface area contributed by atoms with Crippen LogP contribution >= 0.6 is 0 Å². The van der Waals surface area contributed by atoms with Gasteiger partial charge in [0.15, 0.2) is 0 Å². The number of aliphatic hydroxyl groups is 1. The van der Waals surface area contributed by atoms with Gasteiger partial charge in [0.05, 0.1) is 6.26 Å². The summed E-state index contributed by atoms with van der Waals surface area (Å²) in [6.45, 7) is 4.39. The predicted molar refractivity (Wildman–Crippen MR) is 35.3 cm³/mol. The first-order valence-electron chi connectivity index (χ1n) is 2.26. The molecule has 0 amide bonds. The van der Waals surface area contributed by atoms with Crippen molar-refractivity contribution in [3.8, 4) is 0 Å². The average Bonchev–Trinajstić information content (AvgIpc) is 1.66. The van der Waals surface area contributed by atoms with Crippen molar-refractivity contribution in [2.75, 3.05) is 0 Å². The van der Waals surface area contributed by atoms with Crippen molar-refractivity contribution in [3.63, 3.8) is 0 Å². The molecule has 0 aliphatic heterocycles. The topological polar surface area (TPSA) is 57.5 Å². The van der Waals surface area contributed by atoms with Gasteiger partial charge in [-0.3, -0.25) is 4.79 Å². The van der Waals surface area contributed by atoms with Crippen molar-refractivity contribution in [1.29, 1.82) is 0 Å². The number of carboxylic acids is 1. The molecule has 0 aromatic heterocycles. The zero-order chi connectivity index (χ0) is 7.70. The van der Waals surface area contributed by atoms with Crippen molar-refractivity contribution < 1.29 is 15.0 Å². The molecule has 0 saturated carbocycles. The molecule has 0 atom stereocenters. The second-order valence-electron chi connectivity index (χ2n) is 1.10. The maximum Gasteiger partial charge on any atom is 0.300 e. The molecular formula is C6H10O3. The van der Waals surface area contributed by atoms with Crippen molar-refractivity contribution in [3.05, 3.63) is 25.0 Å². The molecule has 0 radical (unpaired) electrons. The zero-order valence-corrected chi connectivity index (χ0v) is 5.24. The summed E-state index contributed by atoms with van der Waals surface area (Å²) >= 11 is 0. The smallest absolute Gasteiger partial charge is 0.300 e. The van der Waals surface area contributed by atoms with Crippen LogP contribution in [0.15, 0.2) is 25.0 Å². The molecule has 3 heteroatoms. The first-order chi connectivity index (χ1) is 4.15. The largest absolute Gasteiger partial charge is 0.516 e. The Labute approximate surface area is 53.9 Å². The van der Waals surface area contributed by atoms with E-state index >= 15 is 0 Å². The van der Waals surface area contributed by atoms with Crippen LogP contribution in [-0.2, 0) is 4.79 Å². The Hall–Kier alpha value is -1.25. The lowest BCUT2D eigenvalue weighted by Crippen LogP contribution is -1.78. The monoisotopic (exact) mass is 130 g/mol. The summed E-state index contributed by atoms with van der Waals surface area (Å²) in [6.07, 6.45) is 3.88. The van der Waals surface area contributed by atoms with Crippen LogP contribution in [-0.4, -0.2) is 16.2 Å². The van der Waals surface area contributed by atoms with Gasteiger partial charge in [0.1, 0.15) is 0 Å². The molecule has 0 aliphatic rings. The molecule has 0 heterocycles. The maximum atomic E-state index is 9.00. The summed E-state index contributed by atoms with van der Waals surface area (Å²) in [5, 5.41) is 15.2. The summed E-state index contributed by atoms with van der Waals surface area (Å²) in [6, 6.07) is 0. The minimum absolute atomic E-state index is 0.833. The standard InChI is InChI=1S/C4H6O.C2H4O2/c1-2-3-4-5;1-2(3)4/h2-5H,1H2;1H3,(H,3,4). The number of rotatable bonds is 1. The highest BCUT2D eigenvalue weighted by Crippen LogP contribution is 1.61. The molecule has 52 valence electrons. The molecule has 0 saturated heterocycles. The lowest BCUT2D eigenvalue weighted by molar-refractivity contribution is -0.134. The molecule has 0 aliphatic carbocycles. The summed E-state index contributed by atoms with van der Waals surface area (Å²) in [5.74, 6) is -0.833. The number of hydrogen-bond acceptors (Lipinski definition) is 2. The predicted octanol–water partition coefficient (Wildman–Crippen LogP) is 1.33. The minimum Gasteiger partial charge on any atom is -0.516 e. The molecule has 9 heavy (non-hydrogen) atoms. The van der Waals surface area contributed by atoms with Crippen molar-refractivity contribution in [2.24, 2.45) is 0 Å². The third-order valence-corrected chi connectivity index (χ3v) is 0.222. The van der Waals surface area contributed by atoms with Crippen LogP contribution in [0.5, 0.6) is 0 Å². The van der Waals surface area contributed by atoms with E-state index in [1.54, 1.807) is 0 Å². The van der Waals surface area contributed by atoms with Gasteiger partial charge in [0.2, 0.25) is 0 Å². The molecule has 0 spiro atoms. The molecule has 0 fully saturated rings. The zero-order valence-electron chi connectivity index (χ0n) is 5.24. The minimum atomic E-state index is -0.833. The lowest BCUT2D eigenvalue weighted by Gasteiger charge is -1.59. The van der Waals surface area contributed by atoms with Gasteiger partial charge in [-0.15, -0.1) is 0 Å². The van der Waals surface area contributed by atoms with Crippen LogP contribution in [0, 0.1) is 0 Å².